The quantitative estimate of drug-likeness (QED) is 0.443. The molecule has 6 nitrogen and oxygen atoms in total. The molecule has 0 bridgehead atoms. The monoisotopic (exact) mass is 420 g/mol. The summed E-state index contributed by atoms with van der Waals surface area (Å²) in [6, 6.07) is 16.3. The second-order valence-electron chi connectivity index (χ2n) is 6.71. The summed E-state index contributed by atoms with van der Waals surface area (Å²) in [6.07, 6.45) is 0.961. The maximum Gasteiger partial charge on any atom is 0.336 e. The van der Waals surface area contributed by atoms with Crippen molar-refractivity contribution < 1.29 is 13.9 Å². The molecule has 0 atom stereocenters. The van der Waals surface area contributed by atoms with Gasteiger partial charge < -0.3 is 14.5 Å². The molecule has 0 saturated carbocycles. The lowest BCUT2D eigenvalue weighted by molar-refractivity contribution is -0.115. The van der Waals surface area contributed by atoms with E-state index in [0.717, 1.165) is 33.8 Å². The lowest BCUT2D eigenvalue weighted by Crippen LogP contribution is -2.14. The number of amides is 1. The number of hydrogen-bond donors (Lipinski definition) is 1. The molecule has 30 heavy (non-hydrogen) atoms. The average molecular weight is 420 g/mol. The zero-order valence-corrected chi connectivity index (χ0v) is 17.2. The van der Waals surface area contributed by atoms with Crippen molar-refractivity contribution in [2.24, 2.45) is 0 Å². The van der Waals surface area contributed by atoms with Crippen molar-refractivity contribution in [3.63, 3.8) is 0 Å². The van der Waals surface area contributed by atoms with E-state index in [2.05, 4.69) is 10.3 Å². The zero-order valence-electron chi connectivity index (χ0n) is 16.4. The van der Waals surface area contributed by atoms with Gasteiger partial charge in [-0.2, -0.15) is 0 Å². The molecule has 0 spiro atoms. The molecule has 4 aromatic rings. The highest BCUT2D eigenvalue weighted by atomic mass is 32.1. The van der Waals surface area contributed by atoms with Crippen LogP contribution < -0.4 is 15.7 Å². The number of ether oxygens (including phenoxy) is 1. The number of thiazole rings is 1. The number of anilines is 1. The third kappa shape index (κ3) is 4.75. The van der Waals surface area contributed by atoms with Gasteiger partial charge in [-0.05, 0) is 36.2 Å². The fourth-order valence-electron chi connectivity index (χ4n) is 3.11. The van der Waals surface area contributed by atoms with E-state index in [0.29, 0.717) is 11.3 Å². The Labute approximate surface area is 177 Å². The molecule has 7 heteroatoms. The first-order chi connectivity index (χ1) is 14.6. The summed E-state index contributed by atoms with van der Waals surface area (Å²) in [4.78, 5) is 28.3. The summed E-state index contributed by atoms with van der Waals surface area (Å²) in [7, 11) is 0. The van der Waals surface area contributed by atoms with Crippen molar-refractivity contribution in [3.05, 3.63) is 86.7 Å². The normalized spacial score (nSPS) is 10.8. The lowest BCUT2D eigenvalue weighted by Gasteiger charge is -2.07. The Bertz CT molecular complexity index is 1230. The van der Waals surface area contributed by atoms with E-state index in [1.165, 1.54) is 17.4 Å². The van der Waals surface area contributed by atoms with Gasteiger partial charge in [0.25, 0.3) is 0 Å². The molecule has 2 aromatic heterocycles. The SMILES string of the molecule is CCc1cc(=O)oc2cc(OCc3csc(CC(=O)Nc4ccccc4)n3)ccc12. The summed E-state index contributed by atoms with van der Waals surface area (Å²) >= 11 is 1.42. The highest BCUT2D eigenvalue weighted by Gasteiger charge is 2.10. The first-order valence-corrected chi connectivity index (χ1v) is 10.5. The van der Waals surface area contributed by atoms with E-state index in [1.54, 1.807) is 6.07 Å². The van der Waals surface area contributed by atoms with Gasteiger partial charge in [0.05, 0.1) is 12.1 Å². The molecular formula is C23H20N2O4S. The number of nitrogens with one attached hydrogen (secondary N) is 1. The third-order valence-corrected chi connectivity index (χ3v) is 5.44. The fraction of sp³-hybridized carbons (Fsp3) is 0.174. The molecule has 1 N–H and O–H groups in total. The van der Waals surface area contributed by atoms with Crippen LogP contribution in [0.2, 0.25) is 0 Å². The second-order valence-corrected chi connectivity index (χ2v) is 7.66. The van der Waals surface area contributed by atoms with E-state index in [9.17, 15) is 9.59 Å². The number of aromatic nitrogens is 1. The Morgan fingerprint density at radius 3 is 2.80 bits per heavy atom. The van der Waals surface area contributed by atoms with E-state index < -0.39 is 0 Å². The smallest absolute Gasteiger partial charge is 0.336 e. The summed E-state index contributed by atoms with van der Waals surface area (Å²) in [6.45, 7) is 2.26. The molecule has 0 aliphatic rings. The van der Waals surface area contributed by atoms with Gasteiger partial charge in [0, 0.05) is 28.6 Å². The van der Waals surface area contributed by atoms with Crippen LogP contribution in [0.25, 0.3) is 11.0 Å². The van der Waals surface area contributed by atoms with Crippen molar-refractivity contribution >= 4 is 33.9 Å². The van der Waals surface area contributed by atoms with Gasteiger partial charge in [-0.15, -0.1) is 11.3 Å². The molecule has 2 aromatic carbocycles. The molecular weight excluding hydrogens is 400 g/mol. The molecule has 152 valence electrons. The van der Waals surface area contributed by atoms with Gasteiger partial charge in [-0.3, -0.25) is 4.79 Å². The van der Waals surface area contributed by atoms with E-state index in [4.69, 9.17) is 9.15 Å². The minimum atomic E-state index is -0.366. The van der Waals surface area contributed by atoms with Crippen LogP contribution in [0.5, 0.6) is 5.75 Å². The van der Waals surface area contributed by atoms with Gasteiger partial charge in [-0.25, -0.2) is 9.78 Å². The standard InChI is InChI=1S/C23H20N2O4S/c1-2-15-10-23(27)29-20-11-18(8-9-19(15)20)28-13-17-14-30-22(25-17)12-21(26)24-16-6-4-3-5-7-16/h3-11,14H,2,12-13H2,1H3,(H,24,26). The fourth-order valence-corrected chi connectivity index (χ4v) is 3.89. The molecule has 4 rings (SSSR count). The van der Waals surface area contributed by atoms with Crippen LogP contribution in [0.4, 0.5) is 5.69 Å². The Balaban J connectivity index is 1.38. The summed E-state index contributed by atoms with van der Waals surface area (Å²) in [5.41, 5.74) is 2.59. The van der Waals surface area contributed by atoms with Crippen LogP contribution in [-0.4, -0.2) is 10.9 Å². The van der Waals surface area contributed by atoms with Crippen LogP contribution in [0, 0.1) is 0 Å². The number of benzene rings is 2. The van der Waals surface area contributed by atoms with Crippen molar-refractivity contribution in [1.82, 2.24) is 4.98 Å². The molecule has 0 saturated heterocycles. The topological polar surface area (TPSA) is 81.4 Å². The summed E-state index contributed by atoms with van der Waals surface area (Å²) in [5, 5.41) is 6.35. The van der Waals surface area contributed by atoms with E-state index >= 15 is 0 Å². The molecule has 0 aliphatic heterocycles. The Morgan fingerprint density at radius 1 is 1.17 bits per heavy atom. The first-order valence-electron chi connectivity index (χ1n) is 9.58. The average Bonchev–Trinajstić information content (AvgIpc) is 3.19. The van der Waals surface area contributed by atoms with E-state index in [-0.39, 0.29) is 24.6 Å². The molecule has 0 fully saturated rings. The molecule has 1 amide bonds. The minimum absolute atomic E-state index is 0.112. The number of carbonyl (C=O) groups excluding carboxylic acids is 1. The molecule has 0 aliphatic carbocycles. The Kier molecular flexibility index (Phi) is 5.90. The second kappa shape index (κ2) is 8.92. The zero-order chi connectivity index (χ0) is 20.9. The predicted molar refractivity (Wildman–Crippen MR) is 117 cm³/mol. The van der Waals surface area contributed by atoms with Crippen LogP contribution in [0.15, 0.2) is 69.2 Å². The number of carbonyl (C=O) groups is 1. The maximum absolute atomic E-state index is 12.2. The lowest BCUT2D eigenvalue weighted by atomic mass is 10.1. The molecule has 0 unspecified atom stereocenters. The predicted octanol–water partition coefficient (Wildman–Crippen LogP) is 4.57. The van der Waals surface area contributed by atoms with E-state index in [1.807, 2.05) is 54.8 Å². The number of para-hydroxylation sites is 1. The first kappa shape index (κ1) is 19.8. The number of rotatable bonds is 7. The van der Waals surface area contributed by atoms with Gasteiger partial charge in [0.15, 0.2) is 0 Å². The number of aryl methyl sites for hydroxylation is 1. The van der Waals surface area contributed by atoms with Crippen molar-refractivity contribution in [2.45, 2.75) is 26.4 Å². The van der Waals surface area contributed by atoms with Crippen molar-refractivity contribution in [2.75, 3.05) is 5.32 Å². The van der Waals surface area contributed by atoms with Crippen molar-refractivity contribution in [1.29, 1.82) is 0 Å². The number of hydrogen-bond acceptors (Lipinski definition) is 6. The number of nitrogens with zero attached hydrogens (tertiary/aromatic N) is 1. The van der Waals surface area contributed by atoms with Gasteiger partial charge in [0.2, 0.25) is 5.91 Å². The van der Waals surface area contributed by atoms with Gasteiger partial charge in [0.1, 0.15) is 22.9 Å². The minimum Gasteiger partial charge on any atom is -0.487 e. The Hall–Kier alpha value is -3.45. The Morgan fingerprint density at radius 2 is 2.00 bits per heavy atom. The highest BCUT2D eigenvalue weighted by Crippen LogP contribution is 2.24. The van der Waals surface area contributed by atoms with Gasteiger partial charge in [-0.1, -0.05) is 25.1 Å². The molecule has 0 radical (unpaired) electrons. The van der Waals surface area contributed by atoms with Crippen LogP contribution >= 0.6 is 11.3 Å². The number of fused-ring (bicyclic) bond motifs is 1. The van der Waals surface area contributed by atoms with Crippen LogP contribution in [-0.2, 0) is 24.2 Å². The van der Waals surface area contributed by atoms with Crippen molar-refractivity contribution in [3.8, 4) is 5.75 Å². The van der Waals surface area contributed by atoms with Crippen LogP contribution in [0.1, 0.15) is 23.2 Å². The largest absolute Gasteiger partial charge is 0.487 e. The molecule has 2 heterocycles. The summed E-state index contributed by atoms with van der Waals surface area (Å²) in [5.74, 6) is 0.481. The highest BCUT2D eigenvalue weighted by molar-refractivity contribution is 7.09. The van der Waals surface area contributed by atoms with Crippen LogP contribution in [0.3, 0.4) is 0 Å². The summed E-state index contributed by atoms with van der Waals surface area (Å²) < 4.78 is 11.1. The third-order valence-electron chi connectivity index (χ3n) is 4.54. The maximum atomic E-state index is 12.2. The van der Waals surface area contributed by atoms with Gasteiger partial charge >= 0.3 is 5.63 Å².